The van der Waals surface area contributed by atoms with E-state index in [4.69, 9.17) is 9.47 Å². The van der Waals surface area contributed by atoms with Crippen molar-refractivity contribution in [2.75, 3.05) is 20.3 Å². The zero-order valence-corrected chi connectivity index (χ0v) is 18.9. The van der Waals surface area contributed by atoms with Gasteiger partial charge in [0.15, 0.2) is 11.5 Å². The number of para-hydroxylation sites is 1. The summed E-state index contributed by atoms with van der Waals surface area (Å²) in [6, 6.07) is 12.5. The number of hydrogen-bond acceptors (Lipinski definition) is 5. The fourth-order valence-corrected chi connectivity index (χ4v) is 4.12. The Kier molecular flexibility index (Phi) is 6.08. The van der Waals surface area contributed by atoms with Gasteiger partial charge in [-0.1, -0.05) is 39.0 Å². The number of phenolic OH excluding ortho intramolecular Hbond substituents is 1. The maximum atomic E-state index is 13.2. The molecule has 1 aromatic heterocycles. The lowest BCUT2D eigenvalue weighted by molar-refractivity contribution is 0.0743. The first-order chi connectivity index (χ1) is 15.5. The predicted molar refractivity (Wildman–Crippen MR) is 122 cm³/mol. The maximum absolute atomic E-state index is 13.2. The highest BCUT2D eigenvalue weighted by Crippen LogP contribution is 2.45. The van der Waals surface area contributed by atoms with Crippen LogP contribution in [-0.2, 0) is 0 Å². The van der Waals surface area contributed by atoms with Crippen molar-refractivity contribution in [3.05, 3.63) is 59.3 Å². The third-order valence-electron chi connectivity index (χ3n) is 5.56. The molecule has 32 heavy (non-hydrogen) atoms. The summed E-state index contributed by atoms with van der Waals surface area (Å²) in [5.41, 5.74) is 3.29. The number of fused-ring (bicyclic) bond motifs is 1. The second kappa shape index (κ2) is 8.94. The van der Waals surface area contributed by atoms with Crippen molar-refractivity contribution in [1.82, 2.24) is 15.1 Å². The number of H-pyrrole nitrogens is 1. The Morgan fingerprint density at radius 1 is 1.19 bits per heavy atom. The van der Waals surface area contributed by atoms with Gasteiger partial charge in [0.2, 0.25) is 0 Å². The summed E-state index contributed by atoms with van der Waals surface area (Å²) in [7, 11) is 1.61. The van der Waals surface area contributed by atoms with E-state index in [0.717, 1.165) is 17.5 Å². The summed E-state index contributed by atoms with van der Waals surface area (Å²) >= 11 is 0. The van der Waals surface area contributed by atoms with E-state index in [2.05, 4.69) is 24.0 Å². The molecule has 4 rings (SSSR count). The molecule has 1 atom stereocenters. The molecule has 1 aliphatic heterocycles. The molecule has 0 saturated heterocycles. The average molecular weight is 436 g/mol. The van der Waals surface area contributed by atoms with Crippen LogP contribution in [0, 0.1) is 5.92 Å². The topological polar surface area (TPSA) is 87.7 Å². The fraction of sp³-hybridized carbons (Fsp3) is 0.360. The quantitative estimate of drug-likeness (QED) is 0.532. The molecule has 0 radical (unpaired) electrons. The van der Waals surface area contributed by atoms with Gasteiger partial charge in [0.1, 0.15) is 17.1 Å². The number of ether oxygens (including phenoxy) is 2. The summed E-state index contributed by atoms with van der Waals surface area (Å²) in [6.07, 6.45) is 0.818. The van der Waals surface area contributed by atoms with Crippen LogP contribution in [0.3, 0.4) is 0 Å². The number of nitrogens with one attached hydrogen (secondary N) is 1. The van der Waals surface area contributed by atoms with Crippen LogP contribution in [0.1, 0.15) is 54.8 Å². The molecule has 1 aliphatic rings. The van der Waals surface area contributed by atoms with E-state index in [1.807, 2.05) is 36.1 Å². The van der Waals surface area contributed by atoms with E-state index in [-0.39, 0.29) is 17.7 Å². The Labute approximate surface area is 188 Å². The lowest BCUT2D eigenvalue weighted by Gasteiger charge is -2.26. The molecule has 0 spiro atoms. The zero-order valence-electron chi connectivity index (χ0n) is 18.9. The molecule has 7 nitrogen and oxygen atoms in total. The number of phenols is 1. The van der Waals surface area contributed by atoms with Crippen molar-refractivity contribution in [3.8, 4) is 28.5 Å². The van der Waals surface area contributed by atoms with Crippen LogP contribution < -0.4 is 9.47 Å². The lowest BCUT2D eigenvalue weighted by atomic mass is 9.95. The fourth-order valence-electron chi connectivity index (χ4n) is 4.12. The van der Waals surface area contributed by atoms with Gasteiger partial charge in [0, 0.05) is 17.7 Å². The SMILES string of the molecule is CCCN1C(=O)c2[nH]nc(-c3ccccc3O)c2C1c1ccc(OCC(C)C)c(OC)c1. The maximum Gasteiger partial charge on any atom is 0.273 e. The minimum absolute atomic E-state index is 0.0971. The highest BCUT2D eigenvalue weighted by Gasteiger charge is 2.42. The standard InChI is InChI=1S/C25H29N3O4/c1-5-12-28-24(16-10-11-19(20(13-16)31-4)32-14-15(2)3)21-22(26-27-23(21)25(28)30)17-8-6-7-9-18(17)29/h6-11,13,15,24,29H,5,12,14H2,1-4H3,(H,26,27). The number of methoxy groups -OCH3 is 1. The number of benzene rings is 2. The normalized spacial score (nSPS) is 15.3. The third-order valence-corrected chi connectivity index (χ3v) is 5.56. The van der Waals surface area contributed by atoms with Crippen molar-refractivity contribution in [3.63, 3.8) is 0 Å². The van der Waals surface area contributed by atoms with Crippen LogP contribution >= 0.6 is 0 Å². The molecule has 2 N–H and O–H groups in total. The van der Waals surface area contributed by atoms with Crippen molar-refractivity contribution in [2.45, 2.75) is 33.2 Å². The minimum atomic E-state index is -0.348. The van der Waals surface area contributed by atoms with E-state index in [0.29, 0.717) is 47.5 Å². The number of carbonyl (C=O) groups excluding carboxylic acids is 1. The molecule has 2 aromatic carbocycles. The first kappa shape index (κ1) is 21.7. The van der Waals surface area contributed by atoms with Crippen LogP contribution in [0.4, 0.5) is 0 Å². The van der Waals surface area contributed by atoms with Crippen LogP contribution in [0.25, 0.3) is 11.3 Å². The number of amides is 1. The first-order valence-electron chi connectivity index (χ1n) is 10.9. The molecule has 0 bridgehead atoms. The average Bonchev–Trinajstić information content (AvgIpc) is 3.32. The number of aromatic nitrogens is 2. The highest BCUT2D eigenvalue weighted by atomic mass is 16.5. The smallest absolute Gasteiger partial charge is 0.273 e. The minimum Gasteiger partial charge on any atom is -0.507 e. The van der Waals surface area contributed by atoms with Crippen molar-refractivity contribution < 1.29 is 19.4 Å². The summed E-state index contributed by atoms with van der Waals surface area (Å²) in [5.74, 6) is 1.70. The molecule has 7 heteroatoms. The second-order valence-electron chi connectivity index (χ2n) is 8.39. The number of aromatic hydroxyl groups is 1. The van der Waals surface area contributed by atoms with E-state index in [1.54, 1.807) is 25.3 Å². The summed E-state index contributed by atoms with van der Waals surface area (Å²) in [4.78, 5) is 15.1. The molecule has 3 aromatic rings. The Balaban J connectivity index is 1.82. The number of aromatic amines is 1. The Bertz CT molecular complexity index is 1120. The van der Waals surface area contributed by atoms with Gasteiger partial charge < -0.3 is 19.5 Å². The van der Waals surface area contributed by atoms with Gasteiger partial charge in [0.05, 0.1) is 19.8 Å². The van der Waals surface area contributed by atoms with Crippen molar-refractivity contribution >= 4 is 5.91 Å². The van der Waals surface area contributed by atoms with Gasteiger partial charge in [-0.15, -0.1) is 0 Å². The first-order valence-corrected chi connectivity index (χ1v) is 10.9. The Hall–Kier alpha value is -3.48. The predicted octanol–water partition coefficient (Wildman–Crippen LogP) is 4.78. The summed E-state index contributed by atoms with van der Waals surface area (Å²) < 4.78 is 11.5. The van der Waals surface area contributed by atoms with E-state index in [1.165, 1.54) is 0 Å². The monoisotopic (exact) mass is 435 g/mol. The highest BCUT2D eigenvalue weighted by molar-refractivity contribution is 6.00. The van der Waals surface area contributed by atoms with Gasteiger partial charge >= 0.3 is 0 Å². The molecular formula is C25H29N3O4. The molecule has 1 amide bonds. The van der Waals surface area contributed by atoms with Gasteiger partial charge in [-0.3, -0.25) is 9.89 Å². The third kappa shape index (κ3) is 3.79. The molecule has 1 unspecified atom stereocenters. The number of nitrogens with zero attached hydrogens (tertiary/aromatic N) is 2. The molecule has 2 heterocycles. The largest absolute Gasteiger partial charge is 0.507 e. The number of hydrogen-bond donors (Lipinski definition) is 2. The van der Waals surface area contributed by atoms with E-state index in [9.17, 15) is 9.90 Å². The molecular weight excluding hydrogens is 406 g/mol. The van der Waals surface area contributed by atoms with Gasteiger partial charge in [0.25, 0.3) is 5.91 Å². The van der Waals surface area contributed by atoms with Gasteiger partial charge in [-0.2, -0.15) is 5.10 Å². The zero-order chi connectivity index (χ0) is 22.8. The van der Waals surface area contributed by atoms with Crippen molar-refractivity contribution in [1.29, 1.82) is 0 Å². The molecule has 0 aliphatic carbocycles. The van der Waals surface area contributed by atoms with E-state index < -0.39 is 0 Å². The number of rotatable bonds is 8. The Morgan fingerprint density at radius 3 is 2.66 bits per heavy atom. The molecule has 0 fully saturated rings. The van der Waals surface area contributed by atoms with Gasteiger partial charge in [-0.25, -0.2) is 0 Å². The second-order valence-corrected chi connectivity index (χ2v) is 8.39. The van der Waals surface area contributed by atoms with Crippen LogP contribution in [0.2, 0.25) is 0 Å². The molecule has 168 valence electrons. The number of carbonyl (C=O) groups is 1. The van der Waals surface area contributed by atoms with E-state index >= 15 is 0 Å². The molecule has 0 saturated carbocycles. The van der Waals surface area contributed by atoms with Crippen LogP contribution in [-0.4, -0.2) is 46.4 Å². The summed E-state index contributed by atoms with van der Waals surface area (Å²) in [5, 5.41) is 17.8. The van der Waals surface area contributed by atoms with Crippen molar-refractivity contribution in [2.24, 2.45) is 5.92 Å². The van der Waals surface area contributed by atoms with Crippen LogP contribution in [0.5, 0.6) is 17.2 Å². The Morgan fingerprint density at radius 2 is 1.97 bits per heavy atom. The van der Waals surface area contributed by atoms with Gasteiger partial charge in [-0.05, 0) is 42.2 Å². The summed E-state index contributed by atoms with van der Waals surface area (Å²) in [6.45, 7) is 7.41. The lowest BCUT2D eigenvalue weighted by Crippen LogP contribution is -2.30. The van der Waals surface area contributed by atoms with Crippen LogP contribution in [0.15, 0.2) is 42.5 Å².